The maximum atomic E-state index is 11.2. The van der Waals surface area contributed by atoms with Crippen LogP contribution in [0.2, 0.25) is 0 Å². The first-order valence-electron chi connectivity index (χ1n) is 12.9. The SMILES string of the molecule is O=C(O)c1nc(-c2ccccc2)cc(-c2ccccc2)n1.O=C(O)c1nc(-c2ccccc2)cc(-c2ccccc2)n1.[Ir]. The Morgan fingerprint density at radius 2 is 0.605 bits per heavy atom. The topological polar surface area (TPSA) is 126 Å². The van der Waals surface area contributed by atoms with Crippen LogP contribution >= 0.6 is 0 Å². The quantitative estimate of drug-likeness (QED) is 0.187. The summed E-state index contributed by atoms with van der Waals surface area (Å²) in [5.74, 6) is -2.67. The summed E-state index contributed by atoms with van der Waals surface area (Å²) in [6.07, 6.45) is 0. The van der Waals surface area contributed by atoms with E-state index in [4.69, 9.17) is 0 Å². The van der Waals surface area contributed by atoms with Crippen molar-refractivity contribution < 1.29 is 39.9 Å². The predicted molar refractivity (Wildman–Crippen MR) is 160 cm³/mol. The zero-order valence-electron chi connectivity index (χ0n) is 22.5. The van der Waals surface area contributed by atoms with E-state index in [0.29, 0.717) is 22.8 Å². The molecule has 2 N–H and O–H groups in total. The first-order valence-corrected chi connectivity index (χ1v) is 12.9. The van der Waals surface area contributed by atoms with Crippen LogP contribution in [-0.4, -0.2) is 42.1 Å². The molecule has 0 saturated carbocycles. The predicted octanol–water partition coefficient (Wildman–Crippen LogP) is 7.02. The molecule has 43 heavy (non-hydrogen) atoms. The molecule has 0 amide bonds. The molecule has 0 unspecified atom stereocenters. The van der Waals surface area contributed by atoms with Crippen LogP contribution in [0.3, 0.4) is 0 Å². The fraction of sp³-hybridized carbons (Fsp3) is 0. The molecule has 4 aromatic carbocycles. The van der Waals surface area contributed by atoms with Gasteiger partial charge in [-0.05, 0) is 12.1 Å². The van der Waals surface area contributed by atoms with Crippen LogP contribution in [0.25, 0.3) is 45.0 Å². The monoisotopic (exact) mass is 745 g/mol. The van der Waals surface area contributed by atoms with E-state index in [1.807, 2.05) is 121 Å². The molecule has 6 rings (SSSR count). The standard InChI is InChI=1S/2C17H12N2O2.Ir/c2*20-17(21)16-18-14(12-7-3-1-4-8-12)11-15(19-16)13-9-5-2-6-10-13;/h2*1-11H,(H,20,21);. The summed E-state index contributed by atoms with van der Waals surface area (Å²) in [6.45, 7) is 0. The number of nitrogens with zero attached hydrogens (tertiary/aromatic N) is 4. The molecular weight excluding hydrogens is 721 g/mol. The van der Waals surface area contributed by atoms with Gasteiger partial charge in [0.25, 0.3) is 0 Å². The summed E-state index contributed by atoms with van der Waals surface area (Å²) in [4.78, 5) is 39.0. The van der Waals surface area contributed by atoms with Gasteiger partial charge < -0.3 is 10.2 Å². The van der Waals surface area contributed by atoms with Crippen LogP contribution in [-0.2, 0) is 20.1 Å². The van der Waals surface area contributed by atoms with Crippen LogP contribution in [0.15, 0.2) is 133 Å². The molecule has 2 heterocycles. The Labute approximate surface area is 261 Å². The van der Waals surface area contributed by atoms with Crippen molar-refractivity contribution >= 4 is 11.9 Å². The van der Waals surface area contributed by atoms with Crippen LogP contribution < -0.4 is 0 Å². The molecule has 8 nitrogen and oxygen atoms in total. The number of carboxylic acids is 2. The number of hydrogen-bond donors (Lipinski definition) is 2. The van der Waals surface area contributed by atoms with E-state index >= 15 is 0 Å². The van der Waals surface area contributed by atoms with Gasteiger partial charge in [-0.3, -0.25) is 0 Å². The van der Waals surface area contributed by atoms with Gasteiger partial charge in [0.2, 0.25) is 11.6 Å². The Kier molecular flexibility index (Phi) is 10.3. The summed E-state index contributed by atoms with van der Waals surface area (Å²) >= 11 is 0. The maximum Gasteiger partial charge on any atom is 0.373 e. The van der Waals surface area contributed by atoms with E-state index in [1.54, 1.807) is 12.1 Å². The Morgan fingerprint density at radius 1 is 0.395 bits per heavy atom. The fourth-order valence-electron chi connectivity index (χ4n) is 4.11. The molecule has 0 aliphatic rings. The van der Waals surface area contributed by atoms with Crippen LogP contribution in [0.4, 0.5) is 0 Å². The molecule has 0 fully saturated rings. The number of carbonyl (C=O) groups is 2. The second kappa shape index (κ2) is 14.5. The minimum Gasteiger partial charge on any atom is -0.475 e. The average Bonchev–Trinajstić information content (AvgIpc) is 3.06. The molecule has 0 aliphatic heterocycles. The van der Waals surface area contributed by atoms with E-state index < -0.39 is 11.9 Å². The number of hydrogen-bond acceptors (Lipinski definition) is 6. The smallest absolute Gasteiger partial charge is 0.373 e. The van der Waals surface area contributed by atoms with Gasteiger partial charge in [-0.15, -0.1) is 0 Å². The van der Waals surface area contributed by atoms with E-state index in [1.165, 1.54) is 0 Å². The average molecular weight is 745 g/mol. The first kappa shape index (κ1) is 30.6. The fourth-order valence-corrected chi connectivity index (χ4v) is 4.11. The zero-order valence-corrected chi connectivity index (χ0v) is 24.9. The number of aromatic nitrogens is 4. The Morgan fingerprint density at radius 3 is 0.791 bits per heavy atom. The van der Waals surface area contributed by atoms with Crippen molar-refractivity contribution in [2.75, 3.05) is 0 Å². The van der Waals surface area contributed by atoms with Crippen molar-refractivity contribution in [1.82, 2.24) is 19.9 Å². The van der Waals surface area contributed by atoms with Gasteiger partial charge >= 0.3 is 11.9 Å². The van der Waals surface area contributed by atoms with Crippen molar-refractivity contribution in [2.24, 2.45) is 0 Å². The molecule has 1 radical (unpaired) electrons. The van der Waals surface area contributed by atoms with Gasteiger partial charge in [-0.25, -0.2) is 29.5 Å². The van der Waals surface area contributed by atoms with Gasteiger partial charge in [0.05, 0.1) is 22.8 Å². The third-order valence-electron chi connectivity index (χ3n) is 6.11. The summed E-state index contributed by atoms with van der Waals surface area (Å²) in [7, 11) is 0. The largest absolute Gasteiger partial charge is 0.475 e. The minimum atomic E-state index is -1.13. The van der Waals surface area contributed by atoms with Crippen LogP contribution in [0.1, 0.15) is 21.2 Å². The van der Waals surface area contributed by atoms with Crippen molar-refractivity contribution in [3.8, 4) is 45.0 Å². The van der Waals surface area contributed by atoms with Crippen molar-refractivity contribution in [3.63, 3.8) is 0 Å². The normalized spacial score (nSPS) is 10.0. The van der Waals surface area contributed by atoms with Crippen molar-refractivity contribution in [3.05, 3.63) is 145 Å². The molecule has 6 aromatic rings. The van der Waals surface area contributed by atoms with Gasteiger partial charge in [0, 0.05) is 42.4 Å². The van der Waals surface area contributed by atoms with E-state index in [2.05, 4.69) is 19.9 Å². The molecule has 2 aromatic heterocycles. The van der Waals surface area contributed by atoms with E-state index in [0.717, 1.165) is 22.3 Å². The summed E-state index contributed by atoms with van der Waals surface area (Å²) in [5, 5.41) is 18.4. The van der Waals surface area contributed by atoms with Gasteiger partial charge in [0.15, 0.2) is 0 Å². The molecule has 0 atom stereocenters. The van der Waals surface area contributed by atoms with Gasteiger partial charge in [-0.2, -0.15) is 0 Å². The Bertz CT molecular complexity index is 1570. The summed E-state index contributed by atoms with van der Waals surface area (Å²) in [5.41, 5.74) is 5.84. The number of rotatable bonds is 6. The molecule has 0 saturated heterocycles. The maximum absolute atomic E-state index is 11.2. The van der Waals surface area contributed by atoms with Crippen molar-refractivity contribution in [1.29, 1.82) is 0 Å². The summed E-state index contributed by atoms with van der Waals surface area (Å²) in [6, 6.07) is 41.5. The second-order valence-corrected chi connectivity index (χ2v) is 9.00. The third kappa shape index (κ3) is 7.89. The third-order valence-corrected chi connectivity index (χ3v) is 6.11. The van der Waals surface area contributed by atoms with Crippen molar-refractivity contribution in [2.45, 2.75) is 0 Å². The second-order valence-electron chi connectivity index (χ2n) is 9.00. The molecule has 0 spiro atoms. The Balaban J connectivity index is 0.000000192. The number of aromatic carboxylic acids is 2. The number of benzene rings is 4. The molecule has 213 valence electrons. The summed E-state index contributed by atoms with van der Waals surface area (Å²) < 4.78 is 0. The molecule has 9 heteroatoms. The first-order chi connectivity index (χ1) is 20.5. The van der Waals surface area contributed by atoms with Crippen LogP contribution in [0.5, 0.6) is 0 Å². The Hall–Kier alpha value is -5.37. The van der Waals surface area contributed by atoms with E-state index in [-0.39, 0.29) is 31.8 Å². The molecule has 0 aliphatic carbocycles. The van der Waals surface area contributed by atoms with Gasteiger partial charge in [-0.1, -0.05) is 121 Å². The zero-order chi connectivity index (χ0) is 29.3. The molecule has 0 bridgehead atoms. The molecular formula is C34H24IrN4O4. The van der Waals surface area contributed by atoms with Gasteiger partial charge in [0.1, 0.15) is 0 Å². The van der Waals surface area contributed by atoms with E-state index in [9.17, 15) is 19.8 Å². The van der Waals surface area contributed by atoms with Crippen LogP contribution in [0, 0.1) is 0 Å². The number of carboxylic acid groups (broad SMARTS) is 2. The minimum absolute atomic E-state index is 0.